The van der Waals surface area contributed by atoms with Crippen LogP contribution in [0.25, 0.3) is 0 Å². The lowest BCUT2D eigenvalue weighted by molar-refractivity contribution is -0.151. The van der Waals surface area contributed by atoms with Crippen LogP contribution >= 0.6 is 0 Å². The van der Waals surface area contributed by atoms with E-state index in [1.54, 1.807) is 18.7 Å². The van der Waals surface area contributed by atoms with E-state index < -0.39 is 30.1 Å². The zero-order chi connectivity index (χ0) is 25.3. The predicted molar refractivity (Wildman–Crippen MR) is 125 cm³/mol. The van der Waals surface area contributed by atoms with E-state index in [0.717, 1.165) is 31.7 Å². The number of aliphatic carboxylic acids is 2. The van der Waals surface area contributed by atoms with Crippen molar-refractivity contribution in [2.75, 3.05) is 6.61 Å². The van der Waals surface area contributed by atoms with Gasteiger partial charge in [0.1, 0.15) is 12.1 Å². The molecular formula is C25H36N2O7. The normalized spacial score (nSPS) is 22.7. The van der Waals surface area contributed by atoms with Crippen molar-refractivity contribution in [3.05, 3.63) is 35.9 Å². The summed E-state index contributed by atoms with van der Waals surface area (Å²) in [7, 11) is 0. The molecule has 0 bridgehead atoms. The lowest BCUT2D eigenvalue weighted by Crippen LogP contribution is -2.55. The number of nitrogens with zero attached hydrogens (tertiary/aromatic N) is 1. The third-order valence-corrected chi connectivity index (χ3v) is 6.33. The fourth-order valence-corrected chi connectivity index (χ4v) is 4.89. The Labute approximate surface area is 200 Å². The summed E-state index contributed by atoms with van der Waals surface area (Å²) in [4.78, 5) is 48.1. The number of hydrogen-bond donors (Lipinski definition) is 3. The number of amides is 1. The lowest BCUT2D eigenvalue weighted by atomic mass is 10.0. The van der Waals surface area contributed by atoms with E-state index in [1.807, 2.05) is 30.3 Å². The summed E-state index contributed by atoms with van der Waals surface area (Å²) in [6, 6.07) is 7.76. The molecule has 1 aliphatic heterocycles. The largest absolute Gasteiger partial charge is 0.481 e. The number of likely N-dealkylation sites (tertiary alicyclic amines) is 1. The van der Waals surface area contributed by atoms with Gasteiger partial charge in [-0.15, -0.1) is 0 Å². The van der Waals surface area contributed by atoms with Gasteiger partial charge < -0.3 is 19.8 Å². The molecule has 9 heteroatoms. The predicted octanol–water partition coefficient (Wildman–Crippen LogP) is 2.47. The molecule has 0 aromatic heterocycles. The average Bonchev–Trinajstić information content (AvgIpc) is 3.38. The summed E-state index contributed by atoms with van der Waals surface area (Å²) in [5, 5.41) is 20.2. The first-order valence-electron chi connectivity index (χ1n) is 11.9. The number of aryl methyl sites for hydroxylation is 1. The molecule has 34 heavy (non-hydrogen) atoms. The number of benzene rings is 1. The minimum Gasteiger partial charge on any atom is -0.481 e. The average molecular weight is 477 g/mol. The van der Waals surface area contributed by atoms with Crippen LogP contribution in [0.3, 0.4) is 0 Å². The standard InChI is InChI=1S/C23H32N2O5.C2H4O2/c1-3-30-23(29)18(13-12-16-8-5-4-6-9-16)24-15(2)21(26)25-19-11-7-10-17(19)14-20(25)22(27)28;1-2(3)4/h4-6,8-9,15,17-20,24H,3,7,10-14H2,1-2H3,(H,27,28);1H3,(H,3,4)/t15?,17-,18?,19-,20-;/m0./s1. The van der Waals surface area contributed by atoms with Crippen LogP contribution in [0.1, 0.15) is 58.4 Å². The summed E-state index contributed by atoms with van der Waals surface area (Å²) in [6.45, 7) is 4.81. The number of esters is 1. The number of rotatable bonds is 9. The van der Waals surface area contributed by atoms with Gasteiger partial charge in [-0.2, -0.15) is 0 Å². The minimum absolute atomic E-state index is 0.00629. The number of carboxylic acids is 2. The summed E-state index contributed by atoms with van der Waals surface area (Å²) >= 11 is 0. The Morgan fingerprint density at radius 2 is 1.79 bits per heavy atom. The molecule has 9 nitrogen and oxygen atoms in total. The molecule has 0 spiro atoms. The van der Waals surface area contributed by atoms with Gasteiger partial charge in [-0.05, 0) is 57.4 Å². The first-order valence-corrected chi connectivity index (χ1v) is 11.9. The van der Waals surface area contributed by atoms with Gasteiger partial charge >= 0.3 is 11.9 Å². The molecule has 188 valence electrons. The van der Waals surface area contributed by atoms with Crippen LogP contribution in [-0.4, -0.2) is 69.7 Å². The van der Waals surface area contributed by atoms with E-state index in [0.29, 0.717) is 19.3 Å². The van der Waals surface area contributed by atoms with Crippen molar-refractivity contribution in [3.8, 4) is 0 Å². The number of nitrogens with one attached hydrogen (secondary N) is 1. The van der Waals surface area contributed by atoms with Crippen molar-refractivity contribution in [2.24, 2.45) is 5.92 Å². The highest BCUT2D eigenvalue weighted by Crippen LogP contribution is 2.41. The molecule has 3 N–H and O–H groups in total. The molecule has 1 amide bonds. The Bertz CT molecular complexity index is 841. The molecule has 1 saturated heterocycles. The lowest BCUT2D eigenvalue weighted by Gasteiger charge is -2.31. The Balaban J connectivity index is 0.000000945. The van der Waals surface area contributed by atoms with Gasteiger partial charge in [-0.3, -0.25) is 19.7 Å². The van der Waals surface area contributed by atoms with E-state index in [9.17, 15) is 19.5 Å². The van der Waals surface area contributed by atoms with Crippen LogP contribution in [0, 0.1) is 5.92 Å². The number of carbonyl (C=O) groups excluding carboxylic acids is 2. The molecule has 0 radical (unpaired) electrons. The van der Waals surface area contributed by atoms with Gasteiger partial charge in [-0.25, -0.2) is 4.79 Å². The quantitative estimate of drug-likeness (QED) is 0.463. The van der Waals surface area contributed by atoms with Crippen molar-refractivity contribution >= 4 is 23.8 Å². The van der Waals surface area contributed by atoms with Crippen LogP contribution in [-0.2, 0) is 30.3 Å². The second-order valence-electron chi connectivity index (χ2n) is 8.83. The van der Waals surface area contributed by atoms with Crippen molar-refractivity contribution in [2.45, 2.75) is 83.5 Å². The minimum atomic E-state index is -0.948. The molecule has 1 aliphatic carbocycles. The molecule has 3 rings (SSSR count). The molecule has 1 aromatic rings. The van der Waals surface area contributed by atoms with Gasteiger partial charge in [0.25, 0.3) is 5.97 Å². The van der Waals surface area contributed by atoms with E-state index in [4.69, 9.17) is 14.6 Å². The van der Waals surface area contributed by atoms with Gasteiger partial charge in [0.15, 0.2) is 0 Å². The van der Waals surface area contributed by atoms with Crippen LogP contribution in [0.15, 0.2) is 30.3 Å². The molecular weight excluding hydrogens is 440 g/mol. The molecule has 1 aromatic carbocycles. The third-order valence-electron chi connectivity index (χ3n) is 6.33. The Hall–Kier alpha value is -2.94. The van der Waals surface area contributed by atoms with Crippen LogP contribution in [0.2, 0.25) is 0 Å². The summed E-state index contributed by atoms with van der Waals surface area (Å²) < 4.78 is 5.21. The zero-order valence-corrected chi connectivity index (χ0v) is 20.1. The maximum Gasteiger partial charge on any atom is 0.326 e. The van der Waals surface area contributed by atoms with Crippen molar-refractivity contribution in [1.29, 1.82) is 0 Å². The highest BCUT2D eigenvalue weighted by molar-refractivity contribution is 5.88. The van der Waals surface area contributed by atoms with Crippen molar-refractivity contribution in [1.82, 2.24) is 10.2 Å². The molecule has 2 fully saturated rings. The van der Waals surface area contributed by atoms with E-state index in [1.165, 1.54) is 0 Å². The number of ether oxygens (including phenoxy) is 1. The topological polar surface area (TPSA) is 133 Å². The first kappa shape index (κ1) is 27.3. The van der Waals surface area contributed by atoms with Gasteiger partial charge in [-0.1, -0.05) is 36.8 Å². The van der Waals surface area contributed by atoms with Gasteiger partial charge in [0, 0.05) is 13.0 Å². The molecule has 1 heterocycles. The smallest absolute Gasteiger partial charge is 0.326 e. The van der Waals surface area contributed by atoms with E-state index in [-0.39, 0.29) is 30.4 Å². The summed E-state index contributed by atoms with van der Waals surface area (Å²) in [6.07, 6.45) is 4.54. The number of carbonyl (C=O) groups is 4. The second-order valence-corrected chi connectivity index (χ2v) is 8.83. The van der Waals surface area contributed by atoms with Crippen LogP contribution in [0.5, 0.6) is 0 Å². The summed E-state index contributed by atoms with van der Waals surface area (Å²) in [5.41, 5.74) is 1.10. The molecule has 5 atom stereocenters. The van der Waals surface area contributed by atoms with E-state index >= 15 is 0 Å². The number of hydrogen-bond acceptors (Lipinski definition) is 6. The van der Waals surface area contributed by atoms with E-state index in [2.05, 4.69) is 5.32 Å². The maximum atomic E-state index is 13.2. The number of carboxylic acid groups (broad SMARTS) is 2. The van der Waals surface area contributed by atoms with Crippen molar-refractivity contribution in [3.63, 3.8) is 0 Å². The van der Waals surface area contributed by atoms with Gasteiger partial charge in [0.05, 0.1) is 12.6 Å². The fraction of sp³-hybridized carbons (Fsp3) is 0.600. The van der Waals surface area contributed by atoms with Crippen LogP contribution in [0.4, 0.5) is 0 Å². The Kier molecular flexibility index (Phi) is 10.5. The second kappa shape index (κ2) is 13.1. The maximum absolute atomic E-state index is 13.2. The number of fused-ring (bicyclic) bond motifs is 1. The zero-order valence-electron chi connectivity index (χ0n) is 20.1. The third kappa shape index (κ3) is 7.55. The highest BCUT2D eigenvalue weighted by atomic mass is 16.5. The summed E-state index contributed by atoms with van der Waals surface area (Å²) in [5.74, 6) is -2.15. The SMILES string of the molecule is CC(=O)O.CCOC(=O)C(CCc1ccccc1)NC(C)C(=O)N1[C@H](C(=O)O)C[C@@H]2CCC[C@@H]21. The monoisotopic (exact) mass is 476 g/mol. The first-order chi connectivity index (χ1) is 16.1. The Morgan fingerprint density at radius 3 is 2.38 bits per heavy atom. The van der Waals surface area contributed by atoms with Crippen LogP contribution < -0.4 is 5.32 Å². The van der Waals surface area contributed by atoms with Gasteiger partial charge in [0.2, 0.25) is 5.91 Å². The molecule has 2 aliphatic rings. The Morgan fingerprint density at radius 1 is 1.15 bits per heavy atom. The highest BCUT2D eigenvalue weighted by Gasteiger charge is 2.49. The molecule has 2 unspecified atom stereocenters. The molecule has 1 saturated carbocycles. The van der Waals surface area contributed by atoms with Crippen molar-refractivity contribution < 1.29 is 34.1 Å². The fourth-order valence-electron chi connectivity index (χ4n) is 4.89.